The van der Waals surface area contributed by atoms with Gasteiger partial charge in [0.15, 0.2) is 0 Å². The molecular weight excluding hydrogens is 267 g/mol. The number of nitrogens with one attached hydrogen (secondary N) is 1. The van der Waals surface area contributed by atoms with Crippen molar-refractivity contribution in [3.05, 3.63) is 65.5 Å². The van der Waals surface area contributed by atoms with E-state index in [-0.39, 0.29) is 5.82 Å². The number of anilines is 1. The van der Waals surface area contributed by atoms with Gasteiger partial charge >= 0.3 is 0 Å². The van der Waals surface area contributed by atoms with Gasteiger partial charge in [-0.3, -0.25) is 4.79 Å². The van der Waals surface area contributed by atoms with Crippen LogP contribution in [-0.2, 0) is 16.8 Å². The normalized spacial score (nSPS) is 20.6. The van der Waals surface area contributed by atoms with Crippen LogP contribution in [0.25, 0.3) is 0 Å². The molecule has 0 heterocycles. The van der Waals surface area contributed by atoms with E-state index >= 15 is 0 Å². The lowest BCUT2D eigenvalue weighted by molar-refractivity contribution is -0.123. The van der Waals surface area contributed by atoms with E-state index in [0.717, 1.165) is 24.0 Å². The second-order valence-corrected chi connectivity index (χ2v) is 5.41. The second kappa shape index (κ2) is 5.20. The number of aryl methyl sites for hydroxylation is 1. The zero-order valence-electron chi connectivity index (χ0n) is 11.6. The van der Waals surface area contributed by atoms with Crippen LogP contribution < -0.4 is 11.1 Å². The van der Waals surface area contributed by atoms with Gasteiger partial charge in [-0.1, -0.05) is 24.3 Å². The fourth-order valence-electron chi connectivity index (χ4n) is 3.06. The molecule has 0 fully saturated rings. The molecule has 1 amide bonds. The van der Waals surface area contributed by atoms with Gasteiger partial charge < -0.3 is 11.1 Å². The summed E-state index contributed by atoms with van der Waals surface area (Å²) >= 11 is 0. The fourth-order valence-corrected chi connectivity index (χ4v) is 3.06. The summed E-state index contributed by atoms with van der Waals surface area (Å²) in [6, 6.07) is 13.8. The van der Waals surface area contributed by atoms with Gasteiger partial charge in [-0.15, -0.1) is 0 Å². The first kappa shape index (κ1) is 13.6. The number of benzene rings is 2. The lowest BCUT2D eigenvalue weighted by atomic mass is 9.75. The van der Waals surface area contributed by atoms with E-state index < -0.39 is 11.4 Å². The van der Waals surface area contributed by atoms with Gasteiger partial charge in [0.1, 0.15) is 11.4 Å². The molecule has 0 bridgehead atoms. The molecule has 0 aliphatic heterocycles. The number of rotatable bonds is 3. The number of carbonyl (C=O) groups excluding carboxylic acids is 1. The summed E-state index contributed by atoms with van der Waals surface area (Å²) in [5.74, 6) is -0.711. The number of carbonyl (C=O) groups is 1. The molecule has 108 valence electrons. The van der Waals surface area contributed by atoms with Gasteiger partial charge in [0.2, 0.25) is 5.91 Å². The molecule has 0 spiro atoms. The minimum absolute atomic E-state index is 0.308. The van der Waals surface area contributed by atoms with Gasteiger partial charge in [0, 0.05) is 5.69 Å². The first-order valence-electron chi connectivity index (χ1n) is 7.04. The summed E-state index contributed by atoms with van der Waals surface area (Å²) in [6.45, 7) is 0. The SMILES string of the molecule is NC(=O)C1(Nc2ccc(F)cc2)CCCc2ccccc21. The zero-order chi connectivity index (χ0) is 14.9. The summed E-state index contributed by atoms with van der Waals surface area (Å²) in [6.07, 6.45) is 2.46. The predicted octanol–water partition coefficient (Wildman–Crippen LogP) is 2.95. The highest BCUT2D eigenvalue weighted by Crippen LogP contribution is 2.38. The first-order chi connectivity index (χ1) is 10.1. The maximum Gasteiger partial charge on any atom is 0.247 e. The Morgan fingerprint density at radius 3 is 2.57 bits per heavy atom. The van der Waals surface area contributed by atoms with Gasteiger partial charge in [-0.05, 0) is 54.7 Å². The van der Waals surface area contributed by atoms with Gasteiger partial charge in [0.05, 0.1) is 0 Å². The third kappa shape index (κ3) is 2.37. The molecule has 2 aromatic carbocycles. The molecular formula is C17H17FN2O. The van der Waals surface area contributed by atoms with Crippen LogP contribution in [0.3, 0.4) is 0 Å². The molecule has 1 aliphatic carbocycles. The average Bonchev–Trinajstić information content (AvgIpc) is 2.50. The molecule has 1 aliphatic rings. The van der Waals surface area contributed by atoms with E-state index in [2.05, 4.69) is 5.32 Å². The predicted molar refractivity (Wildman–Crippen MR) is 80.3 cm³/mol. The van der Waals surface area contributed by atoms with Crippen LogP contribution >= 0.6 is 0 Å². The highest BCUT2D eigenvalue weighted by atomic mass is 19.1. The largest absolute Gasteiger partial charge is 0.368 e. The highest BCUT2D eigenvalue weighted by Gasteiger charge is 2.41. The van der Waals surface area contributed by atoms with Crippen molar-refractivity contribution in [3.8, 4) is 0 Å². The average molecular weight is 284 g/mol. The Kier molecular flexibility index (Phi) is 3.37. The maximum atomic E-state index is 13.0. The number of halogens is 1. The van der Waals surface area contributed by atoms with E-state index in [9.17, 15) is 9.18 Å². The molecule has 3 nitrogen and oxygen atoms in total. The zero-order valence-corrected chi connectivity index (χ0v) is 11.6. The molecule has 2 aromatic rings. The van der Waals surface area contributed by atoms with Crippen molar-refractivity contribution >= 4 is 11.6 Å². The number of primary amides is 1. The summed E-state index contributed by atoms with van der Waals surface area (Å²) in [5, 5.41) is 3.24. The Balaban J connectivity index is 2.05. The summed E-state index contributed by atoms with van der Waals surface area (Å²) < 4.78 is 13.0. The monoisotopic (exact) mass is 284 g/mol. The maximum absolute atomic E-state index is 13.0. The summed E-state index contributed by atoms with van der Waals surface area (Å²) in [5.41, 5.74) is 7.54. The lowest BCUT2D eigenvalue weighted by Crippen LogP contribution is -2.49. The summed E-state index contributed by atoms with van der Waals surface area (Å²) in [7, 11) is 0. The number of hydrogen-bond acceptors (Lipinski definition) is 2. The molecule has 21 heavy (non-hydrogen) atoms. The third-order valence-corrected chi connectivity index (χ3v) is 4.10. The molecule has 0 saturated heterocycles. The molecule has 4 heteroatoms. The second-order valence-electron chi connectivity index (χ2n) is 5.41. The number of amides is 1. The minimum Gasteiger partial charge on any atom is -0.368 e. The minimum atomic E-state index is -0.924. The first-order valence-corrected chi connectivity index (χ1v) is 7.04. The molecule has 1 unspecified atom stereocenters. The van der Waals surface area contributed by atoms with E-state index in [0.29, 0.717) is 12.1 Å². The Bertz CT molecular complexity index is 669. The van der Waals surface area contributed by atoms with Crippen molar-refractivity contribution in [2.75, 3.05) is 5.32 Å². The van der Waals surface area contributed by atoms with Crippen LogP contribution in [-0.4, -0.2) is 5.91 Å². The molecule has 3 rings (SSSR count). The van der Waals surface area contributed by atoms with Gasteiger partial charge in [-0.25, -0.2) is 4.39 Å². The quantitative estimate of drug-likeness (QED) is 0.910. The van der Waals surface area contributed by atoms with E-state index in [1.54, 1.807) is 12.1 Å². The van der Waals surface area contributed by atoms with Crippen molar-refractivity contribution in [2.45, 2.75) is 24.8 Å². The van der Waals surface area contributed by atoms with Crippen molar-refractivity contribution in [1.29, 1.82) is 0 Å². The molecule has 0 radical (unpaired) electrons. The number of fused-ring (bicyclic) bond motifs is 1. The van der Waals surface area contributed by atoms with Gasteiger partial charge in [-0.2, -0.15) is 0 Å². The summed E-state index contributed by atoms with van der Waals surface area (Å²) in [4.78, 5) is 12.2. The lowest BCUT2D eigenvalue weighted by Gasteiger charge is -2.38. The number of nitrogens with two attached hydrogens (primary N) is 1. The van der Waals surface area contributed by atoms with Crippen LogP contribution in [0.1, 0.15) is 24.0 Å². The van der Waals surface area contributed by atoms with Crippen LogP contribution in [0.15, 0.2) is 48.5 Å². The topological polar surface area (TPSA) is 55.1 Å². The van der Waals surface area contributed by atoms with Crippen molar-refractivity contribution in [3.63, 3.8) is 0 Å². The smallest absolute Gasteiger partial charge is 0.247 e. The highest BCUT2D eigenvalue weighted by molar-refractivity contribution is 5.90. The van der Waals surface area contributed by atoms with Gasteiger partial charge in [0.25, 0.3) is 0 Å². The Labute approximate surface area is 123 Å². The standard InChI is InChI=1S/C17H17FN2O/c18-13-7-9-14(10-8-13)20-17(16(19)21)11-3-5-12-4-1-2-6-15(12)17/h1-2,4,6-10,20H,3,5,11H2,(H2,19,21). The Hall–Kier alpha value is -2.36. The Morgan fingerprint density at radius 2 is 1.86 bits per heavy atom. The van der Waals surface area contributed by atoms with Crippen molar-refractivity contribution in [2.24, 2.45) is 5.73 Å². The molecule has 3 N–H and O–H groups in total. The van der Waals surface area contributed by atoms with Crippen molar-refractivity contribution < 1.29 is 9.18 Å². The molecule has 0 saturated carbocycles. The van der Waals surface area contributed by atoms with Crippen LogP contribution in [0.4, 0.5) is 10.1 Å². The van der Waals surface area contributed by atoms with Crippen molar-refractivity contribution in [1.82, 2.24) is 0 Å². The Morgan fingerprint density at radius 1 is 1.14 bits per heavy atom. The van der Waals surface area contributed by atoms with E-state index in [1.807, 2.05) is 24.3 Å². The van der Waals surface area contributed by atoms with E-state index in [1.165, 1.54) is 12.1 Å². The van der Waals surface area contributed by atoms with Crippen LogP contribution in [0.5, 0.6) is 0 Å². The number of hydrogen-bond donors (Lipinski definition) is 2. The van der Waals surface area contributed by atoms with Crippen LogP contribution in [0.2, 0.25) is 0 Å². The van der Waals surface area contributed by atoms with Crippen LogP contribution in [0, 0.1) is 5.82 Å². The third-order valence-electron chi connectivity index (χ3n) is 4.10. The molecule has 0 aromatic heterocycles. The fraction of sp³-hybridized carbons (Fsp3) is 0.235. The molecule has 1 atom stereocenters. The van der Waals surface area contributed by atoms with E-state index in [4.69, 9.17) is 5.73 Å².